The molecular formula is C14H22N4O2. The van der Waals surface area contributed by atoms with Gasteiger partial charge in [0.15, 0.2) is 0 Å². The Morgan fingerprint density at radius 1 is 1.50 bits per heavy atom. The van der Waals surface area contributed by atoms with Gasteiger partial charge in [-0.3, -0.25) is 20.1 Å². The largest absolute Gasteiger partial charge is 0.378 e. The summed E-state index contributed by atoms with van der Waals surface area (Å²) in [5.41, 5.74) is 3.54. The molecule has 1 aromatic heterocycles. The van der Waals surface area contributed by atoms with Crippen LogP contribution in [0.2, 0.25) is 0 Å². The number of hydrogen-bond donors (Lipinski definition) is 2. The standard InChI is InChI=1S/C14H22N4O2/c1-2-20-13-5-7-18(8-6-13)10-12-4-3-11(9-16-12)14(19)17-15/h3-4,9,13H,2,5-8,10,15H2,1H3,(H,17,19). The molecule has 1 fully saturated rings. The number of hydrazine groups is 1. The predicted molar refractivity (Wildman–Crippen MR) is 75.8 cm³/mol. The van der Waals surface area contributed by atoms with E-state index in [9.17, 15) is 4.79 Å². The highest BCUT2D eigenvalue weighted by Crippen LogP contribution is 2.15. The van der Waals surface area contributed by atoms with Crippen LogP contribution in [0.1, 0.15) is 35.8 Å². The van der Waals surface area contributed by atoms with Gasteiger partial charge in [-0.15, -0.1) is 0 Å². The van der Waals surface area contributed by atoms with Crippen LogP contribution < -0.4 is 11.3 Å². The highest BCUT2D eigenvalue weighted by Gasteiger charge is 2.19. The fraction of sp³-hybridized carbons (Fsp3) is 0.571. The number of carbonyl (C=O) groups excluding carboxylic acids is 1. The lowest BCUT2D eigenvalue weighted by Crippen LogP contribution is -2.36. The average molecular weight is 278 g/mol. The van der Waals surface area contributed by atoms with E-state index in [0.717, 1.165) is 44.8 Å². The molecule has 1 aromatic rings. The number of carbonyl (C=O) groups is 1. The van der Waals surface area contributed by atoms with Crippen LogP contribution >= 0.6 is 0 Å². The number of piperidine rings is 1. The second-order valence-corrected chi connectivity index (χ2v) is 4.94. The van der Waals surface area contributed by atoms with Gasteiger partial charge in [-0.05, 0) is 31.9 Å². The van der Waals surface area contributed by atoms with Gasteiger partial charge in [0, 0.05) is 32.4 Å². The van der Waals surface area contributed by atoms with Gasteiger partial charge in [0.25, 0.3) is 5.91 Å². The third-order valence-electron chi connectivity index (χ3n) is 3.54. The van der Waals surface area contributed by atoms with Gasteiger partial charge < -0.3 is 4.74 Å². The number of nitrogens with zero attached hydrogens (tertiary/aromatic N) is 2. The average Bonchev–Trinajstić information content (AvgIpc) is 2.49. The first-order chi connectivity index (χ1) is 9.72. The lowest BCUT2D eigenvalue weighted by molar-refractivity contribution is 0.0122. The van der Waals surface area contributed by atoms with Gasteiger partial charge in [0.2, 0.25) is 0 Å². The summed E-state index contributed by atoms with van der Waals surface area (Å²) in [5, 5.41) is 0. The minimum atomic E-state index is -0.318. The molecule has 0 aliphatic carbocycles. The number of nitrogen functional groups attached to an aromatic ring is 1. The van der Waals surface area contributed by atoms with Crippen LogP contribution in [0.4, 0.5) is 0 Å². The molecule has 0 radical (unpaired) electrons. The maximum Gasteiger partial charge on any atom is 0.266 e. The zero-order valence-electron chi connectivity index (χ0n) is 11.8. The van der Waals surface area contributed by atoms with Gasteiger partial charge in [0.05, 0.1) is 17.4 Å². The normalized spacial score (nSPS) is 17.1. The van der Waals surface area contributed by atoms with Crippen molar-refractivity contribution < 1.29 is 9.53 Å². The number of likely N-dealkylation sites (tertiary alicyclic amines) is 1. The Labute approximate surface area is 119 Å². The van der Waals surface area contributed by atoms with Crippen LogP contribution in [0, 0.1) is 0 Å². The molecular weight excluding hydrogens is 256 g/mol. The number of amides is 1. The van der Waals surface area contributed by atoms with Gasteiger partial charge in [-0.25, -0.2) is 5.84 Å². The van der Waals surface area contributed by atoms with E-state index in [1.165, 1.54) is 0 Å². The number of pyridine rings is 1. The molecule has 1 aliphatic rings. The van der Waals surface area contributed by atoms with Crippen molar-refractivity contribution in [3.8, 4) is 0 Å². The zero-order valence-corrected chi connectivity index (χ0v) is 11.8. The molecule has 0 bridgehead atoms. The van der Waals surface area contributed by atoms with Crippen molar-refractivity contribution in [1.82, 2.24) is 15.3 Å². The van der Waals surface area contributed by atoms with Crippen LogP contribution in [0.5, 0.6) is 0 Å². The molecule has 1 saturated heterocycles. The molecule has 1 amide bonds. The van der Waals surface area contributed by atoms with Gasteiger partial charge in [0.1, 0.15) is 0 Å². The van der Waals surface area contributed by atoms with E-state index >= 15 is 0 Å². The Bertz CT molecular complexity index is 427. The molecule has 20 heavy (non-hydrogen) atoms. The van der Waals surface area contributed by atoms with E-state index in [1.807, 2.05) is 13.0 Å². The van der Waals surface area contributed by atoms with E-state index in [1.54, 1.807) is 12.3 Å². The predicted octanol–water partition coefficient (Wildman–Crippen LogP) is 0.686. The van der Waals surface area contributed by atoms with E-state index in [0.29, 0.717) is 11.7 Å². The second-order valence-electron chi connectivity index (χ2n) is 4.94. The van der Waals surface area contributed by atoms with Gasteiger partial charge >= 0.3 is 0 Å². The first-order valence-corrected chi connectivity index (χ1v) is 7.02. The summed E-state index contributed by atoms with van der Waals surface area (Å²) in [5.74, 6) is 4.76. The van der Waals surface area contributed by atoms with Crippen molar-refractivity contribution >= 4 is 5.91 Å². The van der Waals surface area contributed by atoms with Crippen molar-refractivity contribution in [2.45, 2.75) is 32.4 Å². The molecule has 2 heterocycles. The molecule has 1 aliphatic heterocycles. The van der Waals surface area contributed by atoms with Crippen LogP contribution in [0.25, 0.3) is 0 Å². The van der Waals surface area contributed by atoms with E-state index in [2.05, 4.69) is 15.3 Å². The molecule has 0 saturated carbocycles. The molecule has 0 unspecified atom stereocenters. The number of aromatic nitrogens is 1. The molecule has 0 aromatic carbocycles. The van der Waals surface area contributed by atoms with E-state index in [-0.39, 0.29) is 5.91 Å². The maximum atomic E-state index is 11.3. The molecule has 0 atom stereocenters. The number of rotatable bonds is 5. The first kappa shape index (κ1) is 14.9. The van der Waals surface area contributed by atoms with Crippen LogP contribution in [-0.4, -0.2) is 41.6 Å². The maximum absolute atomic E-state index is 11.3. The van der Waals surface area contributed by atoms with Crippen molar-refractivity contribution in [3.63, 3.8) is 0 Å². The summed E-state index contributed by atoms with van der Waals surface area (Å²) in [4.78, 5) is 18.0. The zero-order chi connectivity index (χ0) is 14.4. The Kier molecular flexibility index (Phi) is 5.46. The summed E-state index contributed by atoms with van der Waals surface area (Å²) in [6.45, 7) is 5.68. The fourth-order valence-corrected chi connectivity index (χ4v) is 2.43. The molecule has 110 valence electrons. The Hall–Kier alpha value is -1.50. The number of ether oxygens (including phenoxy) is 1. The summed E-state index contributed by atoms with van der Waals surface area (Å²) in [6, 6.07) is 3.62. The monoisotopic (exact) mass is 278 g/mol. The minimum absolute atomic E-state index is 0.318. The summed E-state index contributed by atoms with van der Waals surface area (Å²) >= 11 is 0. The van der Waals surface area contributed by atoms with Crippen LogP contribution in [0.15, 0.2) is 18.3 Å². The highest BCUT2D eigenvalue weighted by atomic mass is 16.5. The van der Waals surface area contributed by atoms with Crippen LogP contribution in [0.3, 0.4) is 0 Å². The molecule has 2 rings (SSSR count). The second kappa shape index (κ2) is 7.33. The Balaban J connectivity index is 1.84. The topological polar surface area (TPSA) is 80.5 Å². The first-order valence-electron chi connectivity index (χ1n) is 7.02. The van der Waals surface area contributed by atoms with Crippen molar-refractivity contribution in [1.29, 1.82) is 0 Å². The SMILES string of the molecule is CCOC1CCN(Cc2ccc(C(=O)NN)cn2)CC1. The molecule has 6 nitrogen and oxygen atoms in total. The minimum Gasteiger partial charge on any atom is -0.378 e. The van der Waals surface area contributed by atoms with Gasteiger partial charge in [-0.1, -0.05) is 0 Å². The van der Waals surface area contributed by atoms with Gasteiger partial charge in [-0.2, -0.15) is 0 Å². The third kappa shape index (κ3) is 4.00. The van der Waals surface area contributed by atoms with Crippen molar-refractivity contribution in [2.24, 2.45) is 5.84 Å². The third-order valence-corrected chi connectivity index (χ3v) is 3.54. The van der Waals surface area contributed by atoms with Crippen LogP contribution in [-0.2, 0) is 11.3 Å². The molecule has 6 heteroatoms. The molecule has 3 N–H and O–H groups in total. The Morgan fingerprint density at radius 2 is 2.25 bits per heavy atom. The molecule has 0 spiro atoms. The summed E-state index contributed by atoms with van der Waals surface area (Å²) < 4.78 is 5.64. The lowest BCUT2D eigenvalue weighted by atomic mass is 10.1. The Morgan fingerprint density at radius 3 is 2.80 bits per heavy atom. The summed E-state index contributed by atoms with van der Waals surface area (Å²) in [7, 11) is 0. The lowest BCUT2D eigenvalue weighted by Gasteiger charge is -2.31. The number of nitrogens with two attached hydrogens (primary N) is 1. The smallest absolute Gasteiger partial charge is 0.266 e. The van der Waals surface area contributed by atoms with E-state index < -0.39 is 0 Å². The number of hydrogen-bond acceptors (Lipinski definition) is 5. The van der Waals surface area contributed by atoms with Crippen molar-refractivity contribution in [3.05, 3.63) is 29.6 Å². The summed E-state index contributed by atoms with van der Waals surface area (Å²) in [6.07, 6.45) is 4.10. The van der Waals surface area contributed by atoms with Crippen molar-refractivity contribution in [2.75, 3.05) is 19.7 Å². The number of nitrogens with one attached hydrogen (secondary N) is 1. The van der Waals surface area contributed by atoms with E-state index in [4.69, 9.17) is 10.6 Å². The fourth-order valence-electron chi connectivity index (χ4n) is 2.43. The quantitative estimate of drug-likeness (QED) is 0.470. The highest BCUT2D eigenvalue weighted by molar-refractivity contribution is 5.93.